The van der Waals surface area contributed by atoms with Crippen LogP contribution in [0.4, 0.5) is 5.13 Å². The van der Waals surface area contributed by atoms with Crippen molar-refractivity contribution >= 4 is 32.4 Å². The molecule has 0 bridgehead atoms. The van der Waals surface area contributed by atoms with Crippen molar-refractivity contribution in [3.63, 3.8) is 0 Å². The van der Waals surface area contributed by atoms with Gasteiger partial charge in [-0.25, -0.2) is 4.98 Å². The van der Waals surface area contributed by atoms with Gasteiger partial charge in [0.05, 0.1) is 4.88 Å². The Morgan fingerprint density at radius 1 is 1.38 bits per heavy atom. The van der Waals surface area contributed by atoms with Gasteiger partial charge in [0.2, 0.25) is 0 Å². The molecular formula is C11H12BrN3S. The lowest BCUT2D eigenvalue weighted by Crippen LogP contribution is -1.97. The summed E-state index contributed by atoms with van der Waals surface area (Å²) in [4.78, 5) is 9.60. The zero-order chi connectivity index (χ0) is 11.4. The van der Waals surface area contributed by atoms with Gasteiger partial charge in [0.25, 0.3) is 0 Å². The second-order valence-corrected chi connectivity index (χ2v) is 5.29. The zero-order valence-electron chi connectivity index (χ0n) is 8.90. The molecule has 0 fully saturated rings. The highest BCUT2D eigenvalue weighted by Crippen LogP contribution is 2.29. The number of aromatic nitrogens is 2. The van der Waals surface area contributed by atoms with E-state index in [4.69, 9.17) is 0 Å². The number of thiazole rings is 1. The van der Waals surface area contributed by atoms with Crippen LogP contribution in [0.2, 0.25) is 0 Å². The van der Waals surface area contributed by atoms with Crippen molar-refractivity contribution in [1.29, 1.82) is 0 Å². The summed E-state index contributed by atoms with van der Waals surface area (Å²) < 4.78 is 0.987. The number of hydrogen-bond acceptors (Lipinski definition) is 4. The maximum Gasteiger partial charge on any atom is 0.183 e. The minimum Gasteiger partial charge on any atom is -0.362 e. The maximum absolute atomic E-state index is 4.32. The Morgan fingerprint density at radius 3 is 3.00 bits per heavy atom. The standard InChI is InChI=1S/C11H12BrN3S/c1-2-3-14-11-15-7-10(16-11)8-4-9(12)6-13-5-8/h4-7H,2-3H2,1H3,(H,14,15). The number of halogens is 1. The minimum absolute atomic E-state index is 0.962. The zero-order valence-corrected chi connectivity index (χ0v) is 11.3. The lowest BCUT2D eigenvalue weighted by molar-refractivity contribution is 0.976. The molecule has 2 aromatic rings. The normalized spacial score (nSPS) is 10.4. The van der Waals surface area contributed by atoms with E-state index in [2.05, 4.69) is 38.1 Å². The molecule has 1 N–H and O–H groups in total. The van der Waals surface area contributed by atoms with Crippen LogP contribution in [-0.4, -0.2) is 16.5 Å². The van der Waals surface area contributed by atoms with E-state index in [1.54, 1.807) is 17.5 Å². The lowest BCUT2D eigenvalue weighted by atomic mass is 10.3. The quantitative estimate of drug-likeness (QED) is 0.933. The monoisotopic (exact) mass is 297 g/mol. The van der Waals surface area contributed by atoms with Gasteiger partial charge in [-0.1, -0.05) is 18.3 Å². The van der Waals surface area contributed by atoms with Crippen molar-refractivity contribution in [3.8, 4) is 10.4 Å². The molecule has 5 heteroatoms. The SMILES string of the molecule is CCCNc1ncc(-c2cncc(Br)c2)s1. The van der Waals surface area contributed by atoms with Gasteiger partial charge in [-0.2, -0.15) is 0 Å². The first-order valence-corrected chi connectivity index (χ1v) is 6.71. The topological polar surface area (TPSA) is 37.8 Å². The molecule has 0 aliphatic rings. The number of anilines is 1. The third-order valence-electron chi connectivity index (χ3n) is 2.02. The van der Waals surface area contributed by atoms with Crippen LogP contribution in [0.15, 0.2) is 29.1 Å². The number of nitrogens with one attached hydrogen (secondary N) is 1. The molecule has 0 radical (unpaired) electrons. The highest BCUT2D eigenvalue weighted by molar-refractivity contribution is 9.10. The summed E-state index contributed by atoms with van der Waals surface area (Å²) in [5, 5.41) is 4.24. The Kier molecular flexibility index (Phi) is 3.90. The van der Waals surface area contributed by atoms with Crippen LogP contribution in [0, 0.1) is 0 Å². The Bertz CT molecular complexity index is 470. The summed E-state index contributed by atoms with van der Waals surface area (Å²) in [5.41, 5.74) is 1.09. The van der Waals surface area contributed by atoms with E-state index in [0.717, 1.165) is 33.0 Å². The number of hydrogen-bond donors (Lipinski definition) is 1. The van der Waals surface area contributed by atoms with Gasteiger partial charge in [-0.3, -0.25) is 4.98 Å². The van der Waals surface area contributed by atoms with E-state index in [0.29, 0.717) is 0 Å². The van der Waals surface area contributed by atoms with Gasteiger partial charge in [0.15, 0.2) is 5.13 Å². The van der Waals surface area contributed by atoms with Crippen LogP contribution in [0.3, 0.4) is 0 Å². The van der Waals surface area contributed by atoms with Gasteiger partial charge < -0.3 is 5.32 Å². The summed E-state index contributed by atoms with van der Waals surface area (Å²) >= 11 is 5.07. The van der Waals surface area contributed by atoms with E-state index >= 15 is 0 Å². The van der Waals surface area contributed by atoms with Crippen LogP contribution in [0.1, 0.15) is 13.3 Å². The average molecular weight is 298 g/mol. The van der Waals surface area contributed by atoms with Gasteiger partial charge in [0, 0.05) is 35.2 Å². The molecule has 2 aromatic heterocycles. The molecule has 0 aliphatic carbocycles. The smallest absolute Gasteiger partial charge is 0.183 e. The molecule has 2 heterocycles. The first kappa shape index (κ1) is 11.5. The maximum atomic E-state index is 4.32. The van der Waals surface area contributed by atoms with Crippen LogP contribution in [-0.2, 0) is 0 Å². The number of rotatable bonds is 4. The summed E-state index contributed by atoms with van der Waals surface area (Å²) in [6.07, 6.45) is 6.61. The molecular weight excluding hydrogens is 286 g/mol. The van der Waals surface area contributed by atoms with Crippen LogP contribution >= 0.6 is 27.3 Å². The van der Waals surface area contributed by atoms with Crippen molar-refractivity contribution in [2.75, 3.05) is 11.9 Å². The van der Waals surface area contributed by atoms with Crippen molar-refractivity contribution in [1.82, 2.24) is 9.97 Å². The fourth-order valence-electron chi connectivity index (χ4n) is 1.27. The number of pyridine rings is 1. The summed E-state index contributed by atoms with van der Waals surface area (Å²) in [6.45, 7) is 3.10. The van der Waals surface area contributed by atoms with Crippen molar-refractivity contribution in [2.45, 2.75) is 13.3 Å². The van der Waals surface area contributed by atoms with Crippen LogP contribution < -0.4 is 5.32 Å². The Labute approximate surface area is 107 Å². The molecule has 16 heavy (non-hydrogen) atoms. The summed E-state index contributed by atoms with van der Waals surface area (Å²) in [6, 6.07) is 2.05. The van der Waals surface area contributed by atoms with Crippen LogP contribution in [0.5, 0.6) is 0 Å². The first-order valence-electron chi connectivity index (χ1n) is 5.10. The summed E-state index contributed by atoms with van der Waals surface area (Å²) in [7, 11) is 0. The highest BCUT2D eigenvalue weighted by Gasteiger charge is 2.04. The highest BCUT2D eigenvalue weighted by atomic mass is 79.9. The molecule has 0 aromatic carbocycles. The largest absolute Gasteiger partial charge is 0.362 e. The van der Waals surface area contributed by atoms with E-state index in [-0.39, 0.29) is 0 Å². The van der Waals surface area contributed by atoms with E-state index in [1.165, 1.54) is 0 Å². The minimum atomic E-state index is 0.962. The second-order valence-electron chi connectivity index (χ2n) is 3.35. The molecule has 0 aliphatic heterocycles. The van der Waals surface area contributed by atoms with Gasteiger partial charge in [0.1, 0.15) is 0 Å². The Balaban J connectivity index is 2.18. The lowest BCUT2D eigenvalue weighted by Gasteiger charge is -1.97. The molecule has 0 spiro atoms. The third-order valence-corrected chi connectivity index (χ3v) is 3.46. The first-order chi connectivity index (χ1) is 7.79. The molecule has 0 saturated carbocycles. The third kappa shape index (κ3) is 2.80. The molecule has 0 saturated heterocycles. The fraction of sp³-hybridized carbons (Fsp3) is 0.273. The van der Waals surface area contributed by atoms with Gasteiger partial charge >= 0.3 is 0 Å². The molecule has 0 unspecified atom stereocenters. The van der Waals surface area contributed by atoms with E-state index in [9.17, 15) is 0 Å². The van der Waals surface area contributed by atoms with Gasteiger partial charge in [-0.05, 0) is 28.4 Å². The second kappa shape index (κ2) is 5.41. The van der Waals surface area contributed by atoms with Crippen molar-refractivity contribution in [3.05, 3.63) is 29.1 Å². The van der Waals surface area contributed by atoms with E-state index in [1.807, 2.05) is 18.5 Å². The fourth-order valence-corrected chi connectivity index (χ4v) is 2.46. The molecule has 3 nitrogen and oxygen atoms in total. The summed E-state index contributed by atoms with van der Waals surface area (Å²) in [5.74, 6) is 0. The average Bonchev–Trinajstić information content (AvgIpc) is 2.75. The Morgan fingerprint density at radius 2 is 2.25 bits per heavy atom. The number of nitrogens with zero attached hydrogens (tertiary/aromatic N) is 2. The molecule has 0 atom stereocenters. The van der Waals surface area contributed by atoms with Crippen molar-refractivity contribution < 1.29 is 0 Å². The molecule has 0 amide bonds. The van der Waals surface area contributed by atoms with Crippen LogP contribution in [0.25, 0.3) is 10.4 Å². The van der Waals surface area contributed by atoms with E-state index < -0.39 is 0 Å². The predicted molar refractivity (Wildman–Crippen MR) is 71.8 cm³/mol. The Hall–Kier alpha value is -0.940. The molecule has 84 valence electrons. The van der Waals surface area contributed by atoms with Gasteiger partial charge in [-0.15, -0.1) is 0 Å². The van der Waals surface area contributed by atoms with Crippen molar-refractivity contribution in [2.24, 2.45) is 0 Å². The molecule has 2 rings (SSSR count). The predicted octanol–water partition coefficient (Wildman–Crippen LogP) is 3.79.